The van der Waals surface area contributed by atoms with Crippen molar-refractivity contribution in [1.29, 1.82) is 0 Å². The molecule has 0 fully saturated rings. The predicted octanol–water partition coefficient (Wildman–Crippen LogP) is 3.11. The normalized spacial score (nSPS) is 12.2. The molecule has 1 amide bonds. The number of benzene rings is 1. The zero-order valence-electron chi connectivity index (χ0n) is 14.4. The van der Waals surface area contributed by atoms with E-state index in [4.69, 9.17) is 4.52 Å². The fourth-order valence-electron chi connectivity index (χ4n) is 2.77. The lowest BCUT2D eigenvalue weighted by Crippen LogP contribution is -2.26. The number of carbonyl (C=O) groups excluding carboxylic acids is 1. The quantitative estimate of drug-likeness (QED) is 0.613. The highest BCUT2D eigenvalue weighted by molar-refractivity contribution is 5.98. The third kappa shape index (κ3) is 2.95. The van der Waals surface area contributed by atoms with Gasteiger partial charge in [-0.2, -0.15) is 4.98 Å². The Morgan fingerprint density at radius 3 is 2.81 bits per heavy atom. The van der Waals surface area contributed by atoms with Crippen molar-refractivity contribution in [3.63, 3.8) is 0 Å². The Balaban J connectivity index is 1.52. The predicted molar refractivity (Wildman–Crippen MR) is 96.3 cm³/mol. The number of nitrogens with zero attached hydrogens (tertiary/aromatic N) is 4. The number of carbonyl (C=O) groups is 1. The van der Waals surface area contributed by atoms with E-state index in [1.807, 2.05) is 42.9 Å². The number of fused-ring (bicyclic) bond motifs is 1. The summed E-state index contributed by atoms with van der Waals surface area (Å²) in [6, 6.07) is 10.8. The molecule has 4 aromatic rings. The largest absolute Gasteiger partial charge is 0.351 e. The first-order valence-corrected chi connectivity index (χ1v) is 8.22. The topological polar surface area (TPSA) is 85.8 Å². The summed E-state index contributed by atoms with van der Waals surface area (Å²) in [6.45, 7) is 1.81. The van der Waals surface area contributed by atoms with Crippen LogP contribution in [0.3, 0.4) is 0 Å². The SMILES string of the molecule is CC(NC(=O)c1ccc2ccn(C)c2c1)c1nc(-c2ccncc2)no1. The van der Waals surface area contributed by atoms with E-state index in [9.17, 15) is 4.79 Å². The Bertz CT molecular complexity index is 1070. The van der Waals surface area contributed by atoms with Crippen LogP contribution >= 0.6 is 0 Å². The summed E-state index contributed by atoms with van der Waals surface area (Å²) in [5, 5.41) is 7.95. The van der Waals surface area contributed by atoms with E-state index in [0.717, 1.165) is 16.5 Å². The van der Waals surface area contributed by atoms with Crippen LogP contribution in [0.2, 0.25) is 0 Å². The minimum Gasteiger partial charge on any atom is -0.351 e. The molecule has 7 heteroatoms. The molecule has 3 heterocycles. The molecule has 0 saturated carbocycles. The minimum atomic E-state index is -0.408. The zero-order chi connectivity index (χ0) is 18.1. The molecule has 0 saturated heterocycles. The Kier molecular flexibility index (Phi) is 3.96. The molecule has 1 atom stereocenters. The van der Waals surface area contributed by atoms with E-state index in [1.54, 1.807) is 30.6 Å². The summed E-state index contributed by atoms with van der Waals surface area (Å²) >= 11 is 0. The first-order valence-electron chi connectivity index (χ1n) is 8.22. The molecule has 0 aliphatic carbocycles. The molecule has 3 aromatic heterocycles. The van der Waals surface area contributed by atoms with Gasteiger partial charge in [-0.1, -0.05) is 11.2 Å². The van der Waals surface area contributed by atoms with Crippen LogP contribution in [0.1, 0.15) is 29.2 Å². The third-order valence-corrected chi connectivity index (χ3v) is 4.25. The lowest BCUT2D eigenvalue weighted by molar-refractivity contribution is 0.0932. The zero-order valence-corrected chi connectivity index (χ0v) is 14.4. The van der Waals surface area contributed by atoms with Gasteiger partial charge in [-0.05, 0) is 42.6 Å². The second-order valence-corrected chi connectivity index (χ2v) is 6.09. The molecule has 26 heavy (non-hydrogen) atoms. The highest BCUT2D eigenvalue weighted by atomic mass is 16.5. The number of hydrogen-bond acceptors (Lipinski definition) is 5. The number of aryl methyl sites for hydroxylation is 1. The van der Waals surface area contributed by atoms with Crippen LogP contribution in [0.15, 0.2) is 59.5 Å². The van der Waals surface area contributed by atoms with Gasteiger partial charge in [0.15, 0.2) is 0 Å². The summed E-state index contributed by atoms with van der Waals surface area (Å²) in [5.41, 5.74) is 2.39. The molecule has 1 unspecified atom stereocenters. The van der Waals surface area contributed by atoms with Gasteiger partial charge in [0.2, 0.25) is 11.7 Å². The van der Waals surface area contributed by atoms with Crippen LogP contribution in [-0.4, -0.2) is 25.6 Å². The van der Waals surface area contributed by atoms with E-state index in [2.05, 4.69) is 20.4 Å². The molecule has 7 nitrogen and oxygen atoms in total. The Morgan fingerprint density at radius 2 is 2.00 bits per heavy atom. The van der Waals surface area contributed by atoms with Gasteiger partial charge in [-0.3, -0.25) is 9.78 Å². The van der Waals surface area contributed by atoms with Crippen molar-refractivity contribution in [2.45, 2.75) is 13.0 Å². The Morgan fingerprint density at radius 1 is 1.19 bits per heavy atom. The molecule has 0 radical (unpaired) electrons. The molecule has 0 aliphatic heterocycles. The fraction of sp³-hybridized carbons (Fsp3) is 0.158. The van der Waals surface area contributed by atoms with Crippen molar-refractivity contribution in [3.05, 3.63) is 66.4 Å². The van der Waals surface area contributed by atoms with Gasteiger partial charge in [0.05, 0.1) is 0 Å². The minimum absolute atomic E-state index is 0.190. The van der Waals surface area contributed by atoms with Crippen molar-refractivity contribution in [2.75, 3.05) is 0 Å². The maximum atomic E-state index is 12.6. The fourth-order valence-corrected chi connectivity index (χ4v) is 2.77. The van der Waals surface area contributed by atoms with Gasteiger partial charge in [-0.15, -0.1) is 0 Å². The summed E-state index contributed by atoms with van der Waals surface area (Å²) in [5.74, 6) is 0.628. The summed E-state index contributed by atoms with van der Waals surface area (Å²) < 4.78 is 7.27. The van der Waals surface area contributed by atoms with Crippen LogP contribution in [0.4, 0.5) is 0 Å². The summed E-state index contributed by atoms with van der Waals surface area (Å²) in [4.78, 5) is 20.9. The van der Waals surface area contributed by atoms with Crippen molar-refractivity contribution in [2.24, 2.45) is 7.05 Å². The van der Waals surface area contributed by atoms with Crippen LogP contribution in [0.25, 0.3) is 22.3 Å². The van der Waals surface area contributed by atoms with Gasteiger partial charge < -0.3 is 14.4 Å². The molecule has 4 rings (SSSR count). The molecule has 0 bridgehead atoms. The molecule has 130 valence electrons. The van der Waals surface area contributed by atoms with E-state index in [1.165, 1.54) is 0 Å². The number of hydrogen-bond donors (Lipinski definition) is 1. The summed E-state index contributed by atoms with van der Waals surface area (Å²) in [7, 11) is 1.95. The summed E-state index contributed by atoms with van der Waals surface area (Å²) in [6.07, 6.45) is 5.29. The van der Waals surface area contributed by atoms with Gasteiger partial charge in [0.1, 0.15) is 6.04 Å². The van der Waals surface area contributed by atoms with Crippen molar-refractivity contribution < 1.29 is 9.32 Å². The van der Waals surface area contributed by atoms with Gasteiger partial charge in [0, 0.05) is 42.3 Å². The average Bonchev–Trinajstić information content (AvgIpc) is 3.30. The first kappa shape index (κ1) is 16.0. The maximum absolute atomic E-state index is 12.6. The number of nitrogens with one attached hydrogen (secondary N) is 1. The number of pyridine rings is 1. The van der Waals surface area contributed by atoms with E-state index in [-0.39, 0.29) is 5.91 Å². The second kappa shape index (κ2) is 6.44. The van der Waals surface area contributed by atoms with E-state index < -0.39 is 6.04 Å². The van der Waals surface area contributed by atoms with Crippen LogP contribution in [0.5, 0.6) is 0 Å². The number of aromatic nitrogens is 4. The van der Waals surface area contributed by atoms with E-state index in [0.29, 0.717) is 17.3 Å². The van der Waals surface area contributed by atoms with Gasteiger partial charge in [-0.25, -0.2) is 0 Å². The lowest BCUT2D eigenvalue weighted by Gasteiger charge is -2.10. The first-order chi connectivity index (χ1) is 12.6. The molecule has 0 aliphatic rings. The van der Waals surface area contributed by atoms with Gasteiger partial charge >= 0.3 is 0 Å². The maximum Gasteiger partial charge on any atom is 0.251 e. The monoisotopic (exact) mass is 347 g/mol. The highest BCUT2D eigenvalue weighted by Crippen LogP contribution is 2.20. The van der Waals surface area contributed by atoms with Crippen LogP contribution in [-0.2, 0) is 7.05 Å². The Hall–Kier alpha value is -3.48. The molecule has 1 aromatic carbocycles. The standard InChI is InChI=1S/C19H17N5O2/c1-12(19-22-17(23-26-19)14-5-8-20-9-6-14)21-18(25)15-4-3-13-7-10-24(2)16(13)11-15/h3-12H,1-2H3,(H,21,25). The third-order valence-electron chi connectivity index (χ3n) is 4.25. The molecular weight excluding hydrogens is 330 g/mol. The lowest BCUT2D eigenvalue weighted by atomic mass is 10.1. The Labute approximate surface area is 149 Å². The van der Waals surface area contributed by atoms with Gasteiger partial charge in [0.25, 0.3) is 5.91 Å². The van der Waals surface area contributed by atoms with Crippen LogP contribution in [0, 0.1) is 0 Å². The number of amides is 1. The smallest absolute Gasteiger partial charge is 0.251 e. The van der Waals surface area contributed by atoms with E-state index >= 15 is 0 Å². The van der Waals surface area contributed by atoms with Crippen molar-refractivity contribution in [3.8, 4) is 11.4 Å². The molecule has 1 N–H and O–H groups in total. The average molecular weight is 347 g/mol. The molecule has 0 spiro atoms. The van der Waals surface area contributed by atoms with Crippen molar-refractivity contribution >= 4 is 16.8 Å². The van der Waals surface area contributed by atoms with Crippen molar-refractivity contribution in [1.82, 2.24) is 25.0 Å². The second-order valence-electron chi connectivity index (χ2n) is 6.09. The highest BCUT2D eigenvalue weighted by Gasteiger charge is 2.18. The number of rotatable bonds is 4. The van der Waals surface area contributed by atoms with Crippen LogP contribution < -0.4 is 5.32 Å². The molecular formula is C19H17N5O2.